The third-order valence-electron chi connectivity index (χ3n) is 3.87. The quantitative estimate of drug-likeness (QED) is 0.740. The molecule has 0 saturated carbocycles. The van der Waals surface area contributed by atoms with E-state index in [-0.39, 0.29) is 16.4 Å². The van der Waals surface area contributed by atoms with Gasteiger partial charge in [-0.2, -0.15) is 4.31 Å². The third-order valence-corrected chi connectivity index (χ3v) is 5.78. The van der Waals surface area contributed by atoms with Gasteiger partial charge in [0, 0.05) is 27.2 Å². The van der Waals surface area contributed by atoms with Crippen LogP contribution in [0.5, 0.6) is 0 Å². The van der Waals surface area contributed by atoms with Gasteiger partial charge in [-0.3, -0.25) is 4.79 Å². The Kier molecular flexibility index (Phi) is 5.61. The monoisotopic (exact) mass is 354 g/mol. The molecule has 1 atom stereocenters. The van der Waals surface area contributed by atoms with Crippen LogP contribution in [0.25, 0.3) is 0 Å². The minimum absolute atomic E-state index is 0.151. The highest BCUT2D eigenvalue weighted by Crippen LogP contribution is 2.21. The fourth-order valence-corrected chi connectivity index (χ4v) is 4.00. The molecule has 0 aromatic heterocycles. The first-order valence-electron chi connectivity index (χ1n) is 7.76. The molecule has 0 bridgehead atoms. The van der Waals surface area contributed by atoms with E-state index >= 15 is 0 Å². The normalized spacial score (nSPS) is 16.6. The summed E-state index contributed by atoms with van der Waals surface area (Å²) in [6, 6.07) is 5.58. The molecule has 1 saturated heterocycles. The predicted octanol–water partition coefficient (Wildman–Crippen LogP) is 1.10. The molecular formula is C16H22N2O5S. The van der Waals surface area contributed by atoms with E-state index in [1.807, 2.05) is 0 Å². The van der Waals surface area contributed by atoms with Crippen molar-refractivity contribution in [3.8, 4) is 0 Å². The molecule has 0 N–H and O–H groups in total. The van der Waals surface area contributed by atoms with Gasteiger partial charge in [0.15, 0.2) is 6.10 Å². The summed E-state index contributed by atoms with van der Waals surface area (Å²) in [4.78, 5) is 25.2. The Morgan fingerprint density at radius 1 is 1.12 bits per heavy atom. The first-order chi connectivity index (χ1) is 11.2. The average molecular weight is 354 g/mol. The zero-order valence-corrected chi connectivity index (χ0v) is 14.9. The highest BCUT2D eigenvalue weighted by molar-refractivity contribution is 7.89. The van der Waals surface area contributed by atoms with Crippen LogP contribution in [0.1, 0.15) is 30.1 Å². The summed E-state index contributed by atoms with van der Waals surface area (Å²) in [6.45, 7) is 2.54. The second kappa shape index (κ2) is 7.31. The largest absolute Gasteiger partial charge is 0.449 e. The van der Waals surface area contributed by atoms with Crippen LogP contribution in [-0.2, 0) is 19.6 Å². The fraction of sp³-hybridized carbons (Fsp3) is 0.500. The van der Waals surface area contributed by atoms with Crippen molar-refractivity contribution in [2.75, 3.05) is 27.2 Å². The molecule has 132 valence electrons. The lowest BCUT2D eigenvalue weighted by molar-refractivity contribution is -0.137. The van der Waals surface area contributed by atoms with E-state index < -0.39 is 22.1 Å². The second-order valence-corrected chi connectivity index (χ2v) is 7.85. The number of rotatable bonds is 5. The molecule has 8 heteroatoms. The molecule has 1 aromatic rings. The molecule has 7 nitrogen and oxygen atoms in total. The maximum absolute atomic E-state index is 12.4. The van der Waals surface area contributed by atoms with Gasteiger partial charge in [0.1, 0.15) is 0 Å². The molecule has 0 aliphatic carbocycles. The lowest BCUT2D eigenvalue weighted by atomic mass is 10.2. The van der Waals surface area contributed by atoms with Gasteiger partial charge in [-0.15, -0.1) is 0 Å². The fourth-order valence-electron chi connectivity index (χ4n) is 2.48. The Morgan fingerprint density at radius 3 is 2.17 bits per heavy atom. The number of likely N-dealkylation sites (N-methyl/N-ethyl adjacent to an activating group) is 1. The number of sulfonamides is 1. The van der Waals surface area contributed by atoms with Crippen molar-refractivity contribution < 1.29 is 22.7 Å². The van der Waals surface area contributed by atoms with E-state index in [9.17, 15) is 18.0 Å². The highest BCUT2D eigenvalue weighted by atomic mass is 32.2. The minimum atomic E-state index is -3.51. The van der Waals surface area contributed by atoms with Gasteiger partial charge in [-0.25, -0.2) is 13.2 Å². The van der Waals surface area contributed by atoms with E-state index in [1.165, 1.54) is 40.4 Å². The summed E-state index contributed by atoms with van der Waals surface area (Å²) in [5.41, 5.74) is 0.203. The number of esters is 1. The number of hydrogen-bond donors (Lipinski definition) is 0. The highest BCUT2D eigenvalue weighted by Gasteiger charge is 2.27. The van der Waals surface area contributed by atoms with Crippen LogP contribution in [0.3, 0.4) is 0 Å². The van der Waals surface area contributed by atoms with Crippen LogP contribution in [0, 0.1) is 0 Å². The van der Waals surface area contributed by atoms with Crippen LogP contribution < -0.4 is 0 Å². The molecule has 1 heterocycles. The van der Waals surface area contributed by atoms with Crippen molar-refractivity contribution in [3.05, 3.63) is 29.8 Å². The van der Waals surface area contributed by atoms with Crippen molar-refractivity contribution in [3.63, 3.8) is 0 Å². The SMILES string of the molecule is C[C@@H](OC(=O)c1ccc(S(=O)(=O)N2CCCC2)cc1)C(=O)N(C)C. The molecule has 24 heavy (non-hydrogen) atoms. The van der Waals surface area contributed by atoms with Gasteiger partial charge < -0.3 is 9.64 Å². The molecule has 0 radical (unpaired) electrons. The molecule has 1 aromatic carbocycles. The minimum Gasteiger partial charge on any atom is -0.449 e. The molecule has 1 aliphatic rings. The van der Waals surface area contributed by atoms with Crippen molar-refractivity contribution in [2.24, 2.45) is 0 Å². The summed E-state index contributed by atoms with van der Waals surface area (Å²) >= 11 is 0. The van der Waals surface area contributed by atoms with Gasteiger partial charge in [-0.1, -0.05) is 0 Å². The lowest BCUT2D eigenvalue weighted by Crippen LogP contribution is -2.34. The molecule has 1 amide bonds. The van der Waals surface area contributed by atoms with E-state index in [2.05, 4.69) is 0 Å². The maximum atomic E-state index is 12.4. The predicted molar refractivity (Wildman–Crippen MR) is 88.0 cm³/mol. The first kappa shape index (κ1) is 18.4. The zero-order valence-electron chi connectivity index (χ0n) is 14.1. The Balaban J connectivity index is 2.09. The van der Waals surface area contributed by atoms with Crippen molar-refractivity contribution in [1.82, 2.24) is 9.21 Å². The van der Waals surface area contributed by atoms with E-state index in [1.54, 1.807) is 14.1 Å². The Hall–Kier alpha value is -1.93. The van der Waals surface area contributed by atoms with Crippen molar-refractivity contribution in [1.29, 1.82) is 0 Å². The van der Waals surface area contributed by atoms with E-state index in [0.717, 1.165) is 12.8 Å². The first-order valence-corrected chi connectivity index (χ1v) is 9.20. The van der Waals surface area contributed by atoms with Gasteiger partial charge in [0.05, 0.1) is 10.5 Å². The Labute approximate surface area is 142 Å². The summed E-state index contributed by atoms with van der Waals surface area (Å²) in [5.74, 6) is -0.987. The van der Waals surface area contributed by atoms with Gasteiger partial charge in [0.25, 0.3) is 5.91 Å². The van der Waals surface area contributed by atoms with Crippen LogP contribution in [0.2, 0.25) is 0 Å². The topological polar surface area (TPSA) is 84.0 Å². The number of nitrogens with zero attached hydrogens (tertiary/aromatic N) is 2. The summed E-state index contributed by atoms with van der Waals surface area (Å²) < 4.78 is 31.4. The molecule has 1 fully saturated rings. The summed E-state index contributed by atoms with van der Waals surface area (Å²) in [5, 5.41) is 0. The van der Waals surface area contributed by atoms with Crippen LogP contribution >= 0.6 is 0 Å². The zero-order chi connectivity index (χ0) is 17.9. The number of carbonyl (C=O) groups excluding carboxylic acids is 2. The second-order valence-electron chi connectivity index (χ2n) is 5.92. The molecule has 2 rings (SSSR count). The molecular weight excluding hydrogens is 332 g/mol. The standard InChI is InChI=1S/C16H22N2O5S/c1-12(15(19)17(2)3)23-16(20)13-6-8-14(9-7-13)24(21,22)18-10-4-5-11-18/h6-9,12H,4-5,10-11H2,1-3H3/t12-/m1/s1. The molecule has 0 unspecified atom stereocenters. The Bertz CT molecular complexity index is 706. The van der Waals surface area contributed by atoms with E-state index in [4.69, 9.17) is 4.74 Å². The van der Waals surface area contributed by atoms with Crippen molar-refractivity contribution >= 4 is 21.9 Å². The smallest absolute Gasteiger partial charge is 0.338 e. The number of benzene rings is 1. The Morgan fingerprint density at radius 2 is 1.67 bits per heavy atom. The van der Waals surface area contributed by atoms with Crippen LogP contribution in [0.4, 0.5) is 0 Å². The van der Waals surface area contributed by atoms with Crippen LogP contribution in [0.15, 0.2) is 29.2 Å². The number of ether oxygens (including phenoxy) is 1. The van der Waals surface area contributed by atoms with E-state index in [0.29, 0.717) is 13.1 Å². The maximum Gasteiger partial charge on any atom is 0.338 e. The van der Waals surface area contributed by atoms with Gasteiger partial charge in [0.2, 0.25) is 10.0 Å². The molecule has 1 aliphatic heterocycles. The lowest BCUT2D eigenvalue weighted by Gasteiger charge is -2.17. The summed E-state index contributed by atoms with van der Waals surface area (Å²) in [6.07, 6.45) is 0.823. The van der Waals surface area contributed by atoms with Gasteiger partial charge >= 0.3 is 5.97 Å². The number of hydrogen-bond acceptors (Lipinski definition) is 5. The van der Waals surface area contributed by atoms with Crippen LogP contribution in [-0.4, -0.2) is 62.8 Å². The molecule has 0 spiro atoms. The third kappa shape index (κ3) is 3.93. The number of carbonyl (C=O) groups is 2. The summed E-state index contributed by atoms with van der Waals surface area (Å²) in [7, 11) is -0.360. The number of amides is 1. The van der Waals surface area contributed by atoms with Crippen molar-refractivity contribution in [2.45, 2.75) is 30.8 Å². The van der Waals surface area contributed by atoms with Gasteiger partial charge in [-0.05, 0) is 44.0 Å². The average Bonchev–Trinajstić information content (AvgIpc) is 3.09.